The van der Waals surface area contributed by atoms with Gasteiger partial charge in [-0.25, -0.2) is 9.18 Å². The third kappa shape index (κ3) is 3.59. The van der Waals surface area contributed by atoms with Gasteiger partial charge in [0.1, 0.15) is 17.6 Å². The summed E-state index contributed by atoms with van der Waals surface area (Å²) in [7, 11) is 0. The van der Waals surface area contributed by atoms with Gasteiger partial charge in [0, 0.05) is 0 Å². The van der Waals surface area contributed by atoms with Crippen molar-refractivity contribution >= 4 is 11.9 Å². The molecule has 0 saturated heterocycles. The van der Waals surface area contributed by atoms with E-state index in [1.165, 1.54) is 18.2 Å². The molecule has 3 rings (SSSR count). The first kappa shape index (κ1) is 15.3. The summed E-state index contributed by atoms with van der Waals surface area (Å²) >= 11 is 0. The number of carboxylic acid groups (broad SMARTS) is 1. The van der Waals surface area contributed by atoms with Crippen LogP contribution in [0.1, 0.15) is 29.8 Å². The molecule has 0 aliphatic heterocycles. The van der Waals surface area contributed by atoms with Crippen molar-refractivity contribution in [3.05, 3.63) is 48.0 Å². The van der Waals surface area contributed by atoms with E-state index in [1.54, 1.807) is 18.2 Å². The fraction of sp³-hybridized carbons (Fsp3) is 0.294. The van der Waals surface area contributed by atoms with Gasteiger partial charge in [0.15, 0.2) is 5.76 Å². The zero-order valence-corrected chi connectivity index (χ0v) is 12.3. The SMILES string of the molecule is O=C(NC(CC1CC1)C(=O)O)c1ccc(-c2ccccc2F)o1. The second kappa shape index (κ2) is 6.24. The van der Waals surface area contributed by atoms with Crippen LogP contribution in [0.25, 0.3) is 11.3 Å². The van der Waals surface area contributed by atoms with Crippen LogP contribution in [0.4, 0.5) is 4.39 Å². The Balaban J connectivity index is 1.73. The molecule has 1 atom stereocenters. The average molecular weight is 317 g/mol. The maximum absolute atomic E-state index is 13.7. The van der Waals surface area contributed by atoms with Crippen LogP contribution in [-0.2, 0) is 4.79 Å². The van der Waals surface area contributed by atoms with E-state index in [2.05, 4.69) is 5.32 Å². The van der Waals surface area contributed by atoms with Crippen molar-refractivity contribution in [1.29, 1.82) is 0 Å². The lowest BCUT2D eigenvalue weighted by Crippen LogP contribution is -2.41. The summed E-state index contributed by atoms with van der Waals surface area (Å²) in [6, 6.07) is 8.03. The Morgan fingerprint density at radius 2 is 2.00 bits per heavy atom. The van der Waals surface area contributed by atoms with Crippen molar-refractivity contribution in [1.82, 2.24) is 5.32 Å². The fourth-order valence-electron chi connectivity index (χ4n) is 2.40. The number of nitrogens with one attached hydrogen (secondary N) is 1. The molecule has 1 fully saturated rings. The molecular weight excluding hydrogens is 301 g/mol. The van der Waals surface area contributed by atoms with E-state index in [4.69, 9.17) is 4.42 Å². The van der Waals surface area contributed by atoms with Crippen LogP contribution in [0.15, 0.2) is 40.8 Å². The van der Waals surface area contributed by atoms with E-state index >= 15 is 0 Å². The molecule has 1 aromatic heterocycles. The number of carboxylic acids is 1. The van der Waals surface area contributed by atoms with Crippen LogP contribution >= 0.6 is 0 Å². The van der Waals surface area contributed by atoms with Crippen LogP contribution in [0.3, 0.4) is 0 Å². The maximum Gasteiger partial charge on any atom is 0.326 e. The minimum Gasteiger partial charge on any atom is -0.480 e. The normalized spacial score (nSPS) is 15.2. The number of benzene rings is 1. The van der Waals surface area contributed by atoms with E-state index < -0.39 is 23.7 Å². The molecule has 2 N–H and O–H groups in total. The second-order valence-corrected chi connectivity index (χ2v) is 5.69. The third-order valence-corrected chi connectivity index (χ3v) is 3.84. The molecular formula is C17H16FNO4. The van der Waals surface area contributed by atoms with E-state index in [0.717, 1.165) is 12.8 Å². The summed E-state index contributed by atoms with van der Waals surface area (Å²) in [4.78, 5) is 23.3. The Hall–Kier alpha value is -2.63. The first-order chi connectivity index (χ1) is 11.0. The zero-order valence-electron chi connectivity index (χ0n) is 12.3. The summed E-state index contributed by atoms with van der Waals surface area (Å²) < 4.78 is 19.1. The number of hydrogen-bond acceptors (Lipinski definition) is 3. The molecule has 6 heteroatoms. The summed E-state index contributed by atoms with van der Waals surface area (Å²) in [6.45, 7) is 0. The zero-order chi connectivity index (χ0) is 16.4. The van der Waals surface area contributed by atoms with Crippen molar-refractivity contribution in [2.75, 3.05) is 0 Å². The standard InChI is InChI=1S/C17H16FNO4/c18-12-4-2-1-3-11(12)14-7-8-15(23-14)16(20)19-13(17(21)22)9-10-5-6-10/h1-4,7-8,10,13H,5-6,9H2,(H,19,20)(H,21,22). The van der Waals surface area contributed by atoms with Crippen molar-refractivity contribution in [2.24, 2.45) is 5.92 Å². The monoisotopic (exact) mass is 317 g/mol. The number of rotatable bonds is 6. The Morgan fingerprint density at radius 3 is 2.65 bits per heavy atom. The molecule has 1 aliphatic carbocycles. The van der Waals surface area contributed by atoms with Gasteiger partial charge in [-0.15, -0.1) is 0 Å². The summed E-state index contributed by atoms with van der Waals surface area (Å²) in [5.74, 6) is -1.58. The van der Waals surface area contributed by atoms with Crippen molar-refractivity contribution < 1.29 is 23.5 Å². The summed E-state index contributed by atoms with van der Waals surface area (Å²) in [5.41, 5.74) is 0.249. The van der Waals surface area contributed by atoms with Crippen molar-refractivity contribution in [3.8, 4) is 11.3 Å². The van der Waals surface area contributed by atoms with Gasteiger partial charge < -0.3 is 14.8 Å². The van der Waals surface area contributed by atoms with Crippen LogP contribution in [0.5, 0.6) is 0 Å². The van der Waals surface area contributed by atoms with Gasteiger partial charge in [0.05, 0.1) is 5.56 Å². The Morgan fingerprint density at radius 1 is 1.26 bits per heavy atom. The highest BCUT2D eigenvalue weighted by Gasteiger charge is 2.31. The molecule has 1 unspecified atom stereocenters. The lowest BCUT2D eigenvalue weighted by molar-refractivity contribution is -0.139. The Labute approximate surface area is 132 Å². The Kier molecular flexibility index (Phi) is 4.14. The van der Waals surface area contributed by atoms with Crippen LogP contribution < -0.4 is 5.32 Å². The molecule has 2 aromatic rings. The molecule has 1 amide bonds. The third-order valence-electron chi connectivity index (χ3n) is 3.84. The highest BCUT2D eigenvalue weighted by atomic mass is 19.1. The lowest BCUT2D eigenvalue weighted by atomic mass is 10.1. The van der Waals surface area contributed by atoms with Crippen LogP contribution in [-0.4, -0.2) is 23.0 Å². The van der Waals surface area contributed by atoms with E-state index in [0.29, 0.717) is 12.3 Å². The van der Waals surface area contributed by atoms with Crippen molar-refractivity contribution in [3.63, 3.8) is 0 Å². The minimum absolute atomic E-state index is 0.0368. The van der Waals surface area contributed by atoms with Gasteiger partial charge in [0.2, 0.25) is 0 Å². The topological polar surface area (TPSA) is 79.5 Å². The summed E-state index contributed by atoms with van der Waals surface area (Å²) in [5, 5.41) is 11.6. The minimum atomic E-state index is -1.06. The fourth-order valence-corrected chi connectivity index (χ4v) is 2.40. The Bertz CT molecular complexity index is 736. The van der Waals surface area contributed by atoms with Gasteiger partial charge >= 0.3 is 5.97 Å². The average Bonchev–Trinajstić information content (AvgIpc) is 3.20. The smallest absolute Gasteiger partial charge is 0.326 e. The highest BCUT2D eigenvalue weighted by molar-refractivity contribution is 5.94. The number of amides is 1. The number of carbonyl (C=O) groups is 2. The van der Waals surface area contributed by atoms with Gasteiger partial charge in [-0.2, -0.15) is 0 Å². The number of halogens is 1. The lowest BCUT2D eigenvalue weighted by Gasteiger charge is -2.12. The second-order valence-electron chi connectivity index (χ2n) is 5.69. The van der Waals surface area contributed by atoms with Gasteiger partial charge in [-0.1, -0.05) is 25.0 Å². The highest BCUT2D eigenvalue weighted by Crippen LogP contribution is 2.33. The number of hydrogen-bond donors (Lipinski definition) is 2. The van der Waals surface area contributed by atoms with Gasteiger partial charge in [-0.3, -0.25) is 4.79 Å². The van der Waals surface area contributed by atoms with E-state index in [9.17, 15) is 19.1 Å². The van der Waals surface area contributed by atoms with Crippen LogP contribution in [0, 0.1) is 11.7 Å². The van der Waals surface area contributed by atoms with E-state index in [1.807, 2.05) is 0 Å². The number of furan rings is 1. The molecule has 0 spiro atoms. The molecule has 120 valence electrons. The molecule has 0 bridgehead atoms. The molecule has 1 aliphatic rings. The quantitative estimate of drug-likeness (QED) is 0.858. The first-order valence-corrected chi connectivity index (χ1v) is 7.43. The first-order valence-electron chi connectivity index (χ1n) is 7.43. The summed E-state index contributed by atoms with van der Waals surface area (Å²) in [6.07, 6.45) is 2.41. The molecule has 1 heterocycles. The van der Waals surface area contributed by atoms with Crippen LogP contribution in [0.2, 0.25) is 0 Å². The number of aliphatic carboxylic acids is 1. The predicted octanol–water partition coefficient (Wildman–Crippen LogP) is 3.07. The van der Waals surface area contributed by atoms with Gasteiger partial charge in [0.25, 0.3) is 5.91 Å². The molecule has 1 saturated carbocycles. The number of carbonyl (C=O) groups excluding carboxylic acids is 1. The van der Waals surface area contributed by atoms with Gasteiger partial charge in [-0.05, 0) is 36.6 Å². The van der Waals surface area contributed by atoms with Crippen molar-refractivity contribution in [2.45, 2.75) is 25.3 Å². The maximum atomic E-state index is 13.7. The molecule has 23 heavy (non-hydrogen) atoms. The molecule has 5 nitrogen and oxygen atoms in total. The molecule has 1 aromatic carbocycles. The largest absolute Gasteiger partial charge is 0.480 e. The molecule has 0 radical (unpaired) electrons. The predicted molar refractivity (Wildman–Crippen MR) is 80.3 cm³/mol. The van der Waals surface area contributed by atoms with E-state index in [-0.39, 0.29) is 17.1 Å².